The zero-order valence-electron chi connectivity index (χ0n) is 15.3. The predicted molar refractivity (Wildman–Crippen MR) is 116 cm³/mol. The summed E-state index contributed by atoms with van der Waals surface area (Å²) in [4.78, 5) is 23.7. The molecule has 4 aromatic heterocycles. The highest BCUT2D eigenvalue weighted by atomic mass is 14.9. The molecule has 0 atom stereocenters. The smallest absolute Gasteiger partial charge is 0.0924 e. The second-order valence-electron chi connectivity index (χ2n) is 7.05. The molecular formula is C23H16N6. The lowest BCUT2D eigenvalue weighted by Gasteiger charge is -1.92. The van der Waals surface area contributed by atoms with E-state index >= 15 is 0 Å². The molecule has 0 amide bonds. The Kier molecular flexibility index (Phi) is 3.37. The Bertz CT molecular complexity index is 1450. The molecule has 3 N–H and O–H groups in total. The molecule has 0 saturated heterocycles. The molecule has 6 heteroatoms. The van der Waals surface area contributed by atoms with E-state index in [1.54, 1.807) is 6.33 Å². The van der Waals surface area contributed by atoms with E-state index in [0.29, 0.717) is 0 Å². The van der Waals surface area contributed by atoms with Crippen molar-refractivity contribution in [1.82, 2.24) is 29.9 Å². The first-order chi connectivity index (χ1) is 14.3. The van der Waals surface area contributed by atoms with Crippen LogP contribution >= 0.6 is 0 Å². The first-order valence-corrected chi connectivity index (χ1v) is 9.36. The van der Waals surface area contributed by atoms with Gasteiger partial charge in [-0.2, -0.15) is 0 Å². The average Bonchev–Trinajstić information content (AvgIpc) is 3.50. The molecule has 4 aromatic rings. The van der Waals surface area contributed by atoms with Gasteiger partial charge in [0.2, 0.25) is 0 Å². The highest BCUT2D eigenvalue weighted by molar-refractivity contribution is 5.86. The molecule has 138 valence electrons. The lowest BCUT2D eigenvalue weighted by molar-refractivity contribution is 1.28. The van der Waals surface area contributed by atoms with Crippen molar-refractivity contribution in [2.45, 2.75) is 0 Å². The summed E-state index contributed by atoms with van der Waals surface area (Å²) in [7, 11) is 0. The van der Waals surface area contributed by atoms with Crippen LogP contribution in [-0.4, -0.2) is 29.9 Å². The molecular weight excluding hydrogens is 360 g/mol. The fraction of sp³-hybridized carbons (Fsp3) is 0. The molecule has 0 unspecified atom stereocenters. The highest BCUT2D eigenvalue weighted by Gasteiger charge is 2.07. The second-order valence-corrected chi connectivity index (χ2v) is 7.05. The number of aromatic nitrogens is 6. The van der Waals surface area contributed by atoms with Crippen LogP contribution in [0, 0.1) is 0 Å². The fourth-order valence-corrected chi connectivity index (χ4v) is 3.64. The van der Waals surface area contributed by atoms with E-state index in [0.717, 1.165) is 56.1 Å². The largest absolute Gasteiger partial charge is 0.355 e. The maximum Gasteiger partial charge on any atom is 0.0924 e. The standard InChI is InChI=1S/C23H16N6/c1-2-15-8-17-5-6-19(28-17)11-22-21(23-12-24-13-25-23)10-20(29-22)9-18-4-3-16(27-18)7-14(1)26-15/h1-13,27,29H,(H,24,25). The average molecular weight is 376 g/mol. The third-order valence-electron chi connectivity index (χ3n) is 4.96. The minimum atomic E-state index is 0.886. The van der Waals surface area contributed by atoms with Crippen LogP contribution in [0.5, 0.6) is 0 Å². The number of rotatable bonds is 1. The molecule has 0 spiro atoms. The van der Waals surface area contributed by atoms with E-state index in [4.69, 9.17) is 4.98 Å². The number of nitrogens with one attached hydrogen (secondary N) is 3. The van der Waals surface area contributed by atoms with Crippen LogP contribution in [0.15, 0.2) is 55.0 Å². The number of hydrogen-bond donors (Lipinski definition) is 3. The summed E-state index contributed by atoms with van der Waals surface area (Å²) in [6, 6.07) is 14.4. The quantitative estimate of drug-likeness (QED) is 0.375. The molecule has 0 aromatic carbocycles. The zero-order chi connectivity index (χ0) is 19.2. The normalized spacial score (nSPS) is 12.6. The Morgan fingerprint density at radius 2 is 1.31 bits per heavy atom. The fourth-order valence-electron chi connectivity index (χ4n) is 3.64. The van der Waals surface area contributed by atoms with E-state index in [-0.39, 0.29) is 0 Å². The van der Waals surface area contributed by atoms with Crippen LogP contribution in [0.3, 0.4) is 0 Å². The highest BCUT2D eigenvalue weighted by Crippen LogP contribution is 2.25. The summed E-state index contributed by atoms with van der Waals surface area (Å²) in [5.41, 5.74) is 9.58. The molecule has 6 rings (SSSR count). The Morgan fingerprint density at radius 1 is 0.621 bits per heavy atom. The molecule has 6 nitrogen and oxygen atoms in total. The van der Waals surface area contributed by atoms with Gasteiger partial charge >= 0.3 is 0 Å². The van der Waals surface area contributed by atoms with Crippen molar-refractivity contribution in [2.75, 3.05) is 0 Å². The van der Waals surface area contributed by atoms with Crippen LogP contribution in [0.2, 0.25) is 0 Å². The number of imidazole rings is 1. The van der Waals surface area contributed by atoms with Crippen molar-refractivity contribution in [2.24, 2.45) is 0 Å². The van der Waals surface area contributed by atoms with E-state index in [2.05, 4.69) is 55.3 Å². The van der Waals surface area contributed by atoms with Crippen LogP contribution in [0.25, 0.3) is 57.6 Å². The minimum Gasteiger partial charge on any atom is -0.355 e. The Labute approximate surface area is 165 Å². The molecule has 29 heavy (non-hydrogen) atoms. The van der Waals surface area contributed by atoms with Crippen molar-refractivity contribution in [1.29, 1.82) is 0 Å². The minimum absolute atomic E-state index is 0.886. The lowest BCUT2D eigenvalue weighted by Crippen LogP contribution is -1.78. The van der Waals surface area contributed by atoms with Crippen LogP contribution in [0.1, 0.15) is 22.8 Å². The van der Waals surface area contributed by atoms with Crippen LogP contribution < -0.4 is 0 Å². The molecule has 0 saturated carbocycles. The topological polar surface area (TPSA) is 86.0 Å². The van der Waals surface area contributed by atoms with E-state index in [9.17, 15) is 0 Å². The predicted octanol–water partition coefficient (Wildman–Crippen LogP) is 5.05. The number of nitrogens with zero attached hydrogens (tertiary/aromatic N) is 3. The third-order valence-corrected chi connectivity index (χ3v) is 4.96. The number of aromatic amines is 3. The van der Waals surface area contributed by atoms with Gasteiger partial charge in [0.25, 0.3) is 0 Å². The molecule has 0 radical (unpaired) electrons. The summed E-state index contributed by atoms with van der Waals surface area (Å²) >= 11 is 0. The maximum atomic E-state index is 4.72. The van der Waals surface area contributed by atoms with Gasteiger partial charge in [-0.15, -0.1) is 0 Å². The summed E-state index contributed by atoms with van der Waals surface area (Å²) in [5.74, 6) is 0. The monoisotopic (exact) mass is 376 g/mol. The van der Waals surface area contributed by atoms with Crippen LogP contribution in [0.4, 0.5) is 0 Å². The maximum absolute atomic E-state index is 4.72. The van der Waals surface area contributed by atoms with Gasteiger partial charge in [-0.1, -0.05) is 0 Å². The van der Waals surface area contributed by atoms with Gasteiger partial charge in [0, 0.05) is 22.1 Å². The SMILES string of the molecule is C1=Cc2cc3ccc(cc4cc(-c5cnc[nH]5)c(cc5nc(cc1n2)C=C5)[nH]4)[nH]3. The Hall–Kier alpha value is -4.19. The second kappa shape index (κ2) is 6.17. The van der Waals surface area contributed by atoms with Gasteiger partial charge in [0.1, 0.15) is 0 Å². The molecule has 2 aliphatic rings. The van der Waals surface area contributed by atoms with Crippen molar-refractivity contribution < 1.29 is 0 Å². The van der Waals surface area contributed by atoms with Gasteiger partial charge in [-0.3, -0.25) is 0 Å². The Balaban J connectivity index is 1.70. The van der Waals surface area contributed by atoms with Gasteiger partial charge < -0.3 is 15.0 Å². The summed E-state index contributed by atoms with van der Waals surface area (Å²) in [6.07, 6.45) is 11.5. The third kappa shape index (κ3) is 2.96. The van der Waals surface area contributed by atoms with Gasteiger partial charge in [-0.25, -0.2) is 15.0 Å². The number of hydrogen-bond acceptors (Lipinski definition) is 3. The van der Waals surface area contributed by atoms with Gasteiger partial charge in [0.05, 0.1) is 46.5 Å². The zero-order valence-corrected chi connectivity index (χ0v) is 15.3. The first-order valence-electron chi connectivity index (χ1n) is 9.36. The molecule has 6 heterocycles. The summed E-state index contributed by atoms with van der Waals surface area (Å²) in [5, 5.41) is 0. The molecule has 2 aliphatic heterocycles. The van der Waals surface area contributed by atoms with E-state index in [1.165, 1.54) is 0 Å². The van der Waals surface area contributed by atoms with Crippen molar-refractivity contribution in [3.63, 3.8) is 0 Å². The first kappa shape index (κ1) is 15.8. The lowest BCUT2D eigenvalue weighted by atomic mass is 10.2. The molecule has 8 bridgehead atoms. The van der Waals surface area contributed by atoms with Gasteiger partial charge in [0.15, 0.2) is 0 Å². The molecule has 0 fully saturated rings. The summed E-state index contributed by atoms with van der Waals surface area (Å²) < 4.78 is 0. The number of fused-ring (bicyclic) bond motifs is 8. The van der Waals surface area contributed by atoms with Gasteiger partial charge in [-0.05, 0) is 66.8 Å². The van der Waals surface area contributed by atoms with Crippen molar-refractivity contribution >= 4 is 46.4 Å². The summed E-state index contributed by atoms with van der Waals surface area (Å²) in [6.45, 7) is 0. The van der Waals surface area contributed by atoms with E-state index < -0.39 is 0 Å². The van der Waals surface area contributed by atoms with Crippen molar-refractivity contribution in [3.8, 4) is 11.3 Å². The van der Waals surface area contributed by atoms with Crippen LogP contribution in [-0.2, 0) is 0 Å². The van der Waals surface area contributed by atoms with E-state index in [1.807, 2.05) is 42.6 Å². The molecule has 0 aliphatic carbocycles. The van der Waals surface area contributed by atoms with Crippen molar-refractivity contribution in [3.05, 3.63) is 77.8 Å². The number of H-pyrrole nitrogens is 3. The Morgan fingerprint density at radius 3 is 2.03 bits per heavy atom.